The van der Waals surface area contributed by atoms with Crippen LogP contribution in [0.5, 0.6) is 0 Å². The molecule has 3 heterocycles. The van der Waals surface area contributed by atoms with E-state index in [0.29, 0.717) is 30.8 Å². The average molecular weight is 417 g/mol. The molecule has 0 unspecified atom stereocenters. The van der Waals surface area contributed by atoms with Crippen LogP contribution < -0.4 is 0 Å². The highest BCUT2D eigenvalue weighted by atomic mass is 19.1. The molecule has 31 heavy (non-hydrogen) atoms. The fourth-order valence-electron chi connectivity index (χ4n) is 3.96. The first-order valence-corrected chi connectivity index (χ1v) is 10.0. The molecule has 1 aliphatic heterocycles. The summed E-state index contributed by atoms with van der Waals surface area (Å²) >= 11 is 0. The number of aromatic nitrogens is 4. The first-order valence-electron chi connectivity index (χ1n) is 10.0. The van der Waals surface area contributed by atoms with Crippen LogP contribution in [0.25, 0.3) is 23.0 Å². The second-order valence-electron chi connectivity index (χ2n) is 7.64. The summed E-state index contributed by atoms with van der Waals surface area (Å²) in [5.41, 5.74) is 4.36. The van der Waals surface area contributed by atoms with Gasteiger partial charge in [0.25, 0.3) is 17.7 Å². The molecule has 0 N–H and O–H groups in total. The fraction of sp³-hybridized carbons (Fsp3) is 0.217. The van der Waals surface area contributed by atoms with E-state index in [0.717, 1.165) is 16.8 Å². The van der Waals surface area contributed by atoms with E-state index in [2.05, 4.69) is 15.3 Å². The van der Waals surface area contributed by atoms with Gasteiger partial charge in [-0.05, 0) is 31.2 Å². The number of hydrogen-bond donors (Lipinski definition) is 0. The molecule has 0 bridgehead atoms. The number of carbonyl (C=O) groups is 1. The molecular formula is C23H20FN5O2. The van der Waals surface area contributed by atoms with Crippen molar-refractivity contribution in [2.75, 3.05) is 6.54 Å². The maximum absolute atomic E-state index is 14.1. The summed E-state index contributed by atoms with van der Waals surface area (Å²) in [6.45, 7) is 2.96. The quantitative estimate of drug-likeness (QED) is 0.507. The molecule has 2 aromatic carbocycles. The van der Waals surface area contributed by atoms with Gasteiger partial charge in [-0.2, -0.15) is 5.10 Å². The SMILES string of the molecule is Cc1cccc(C(=O)N2CCc3c(c(-c4nnc(-c5ccccc5F)o4)nn3C)C2)c1. The molecular weight excluding hydrogens is 397 g/mol. The molecule has 5 rings (SSSR count). The number of aryl methyl sites for hydroxylation is 2. The van der Waals surface area contributed by atoms with Crippen LogP contribution in [-0.2, 0) is 20.0 Å². The Morgan fingerprint density at radius 2 is 1.90 bits per heavy atom. The van der Waals surface area contributed by atoms with Crippen molar-refractivity contribution in [1.82, 2.24) is 24.9 Å². The second-order valence-corrected chi connectivity index (χ2v) is 7.64. The van der Waals surface area contributed by atoms with Gasteiger partial charge >= 0.3 is 0 Å². The molecule has 1 aliphatic rings. The van der Waals surface area contributed by atoms with Crippen LogP contribution in [0.15, 0.2) is 52.9 Å². The highest BCUT2D eigenvalue weighted by Gasteiger charge is 2.30. The minimum absolute atomic E-state index is 0.0262. The summed E-state index contributed by atoms with van der Waals surface area (Å²) in [6.07, 6.45) is 0.671. The third-order valence-electron chi connectivity index (χ3n) is 5.53. The van der Waals surface area contributed by atoms with Crippen LogP contribution in [0.4, 0.5) is 4.39 Å². The van der Waals surface area contributed by atoms with Gasteiger partial charge in [-0.1, -0.05) is 29.8 Å². The Bertz CT molecular complexity index is 1290. The van der Waals surface area contributed by atoms with Gasteiger partial charge in [0.05, 0.1) is 12.1 Å². The number of hydrogen-bond acceptors (Lipinski definition) is 5. The van der Waals surface area contributed by atoms with Gasteiger partial charge in [0.15, 0.2) is 5.69 Å². The summed E-state index contributed by atoms with van der Waals surface area (Å²) in [6, 6.07) is 13.8. The predicted molar refractivity (Wildman–Crippen MR) is 112 cm³/mol. The standard InChI is InChI=1S/C23H20FN5O2/c1-14-6-5-7-15(12-14)23(30)29-11-10-19-17(13-29)20(27-28(19)2)22-26-25-21(31-22)16-8-3-4-9-18(16)24/h3-9,12H,10-11,13H2,1-2H3. The van der Waals surface area contributed by atoms with Crippen LogP contribution in [0.3, 0.4) is 0 Å². The lowest BCUT2D eigenvalue weighted by Gasteiger charge is -2.27. The lowest BCUT2D eigenvalue weighted by Crippen LogP contribution is -2.36. The molecule has 0 saturated heterocycles. The Morgan fingerprint density at radius 1 is 1.10 bits per heavy atom. The third-order valence-corrected chi connectivity index (χ3v) is 5.53. The Morgan fingerprint density at radius 3 is 2.71 bits per heavy atom. The van der Waals surface area contributed by atoms with Crippen molar-refractivity contribution in [3.05, 3.63) is 76.7 Å². The van der Waals surface area contributed by atoms with E-state index in [-0.39, 0.29) is 23.3 Å². The largest absolute Gasteiger partial charge is 0.414 e. The Balaban J connectivity index is 1.48. The minimum atomic E-state index is -0.435. The van der Waals surface area contributed by atoms with Crippen molar-refractivity contribution < 1.29 is 13.6 Å². The molecule has 8 heteroatoms. The molecule has 7 nitrogen and oxygen atoms in total. The van der Waals surface area contributed by atoms with Gasteiger partial charge in [-0.3, -0.25) is 9.48 Å². The zero-order valence-corrected chi connectivity index (χ0v) is 17.2. The van der Waals surface area contributed by atoms with Crippen LogP contribution in [0.1, 0.15) is 27.2 Å². The predicted octanol–water partition coefficient (Wildman–Crippen LogP) is 3.78. The zero-order chi connectivity index (χ0) is 21.5. The Hall–Kier alpha value is -3.81. The van der Waals surface area contributed by atoms with Crippen LogP contribution >= 0.6 is 0 Å². The molecule has 4 aromatic rings. The average Bonchev–Trinajstić information content (AvgIpc) is 3.38. The van der Waals surface area contributed by atoms with Gasteiger partial charge in [0.2, 0.25) is 0 Å². The van der Waals surface area contributed by atoms with E-state index < -0.39 is 5.82 Å². The van der Waals surface area contributed by atoms with Crippen molar-refractivity contribution >= 4 is 5.91 Å². The molecule has 2 aromatic heterocycles. The molecule has 0 spiro atoms. The third kappa shape index (κ3) is 3.39. The van der Waals surface area contributed by atoms with Crippen molar-refractivity contribution in [2.24, 2.45) is 7.05 Å². The highest BCUT2D eigenvalue weighted by Crippen LogP contribution is 2.31. The first kappa shape index (κ1) is 19.2. The van der Waals surface area contributed by atoms with Crippen molar-refractivity contribution in [3.63, 3.8) is 0 Å². The number of fused-ring (bicyclic) bond motifs is 1. The Labute approximate surface area is 178 Å². The minimum Gasteiger partial charge on any atom is -0.414 e. The highest BCUT2D eigenvalue weighted by molar-refractivity contribution is 5.94. The van der Waals surface area contributed by atoms with Crippen LogP contribution in [0, 0.1) is 12.7 Å². The van der Waals surface area contributed by atoms with Crippen LogP contribution in [0.2, 0.25) is 0 Å². The van der Waals surface area contributed by atoms with E-state index in [1.54, 1.807) is 27.8 Å². The Kier molecular flexibility index (Phi) is 4.62. The number of halogens is 1. The molecule has 0 aliphatic carbocycles. The van der Waals surface area contributed by atoms with Crippen molar-refractivity contribution in [2.45, 2.75) is 19.9 Å². The molecule has 0 saturated carbocycles. The van der Waals surface area contributed by atoms with Gasteiger partial charge in [0, 0.05) is 36.8 Å². The van der Waals surface area contributed by atoms with E-state index in [4.69, 9.17) is 4.42 Å². The van der Waals surface area contributed by atoms with Gasteiger partial charge in [-0.25, -0.2) is 4.39 Å². The van der Waals surface area contributed by atoms with E-state index in [1.165, 1.54) is 6.07 Å². The summed E-state index contributed by atoms with van der Waals surface area (Å²) in [5.74, 6) is -0.159. The monoisotopic (exact) mass is 417 g/mol. The molecule has 0 atom stereocenters. The van der Waals surface area contributed by atoms with Gasteiger partial charge in [-0.15, -0.1) is 10.2 Å². The van der Waals surface area contributed by atoms with Crippen molar-refractivity contribution in [1.29, 1.82) is 0 Å². The molecule has 156 valence electrons. The van der Waals surface area contributed by atoms with E-state index >= 15 is 0 Å². The lowest BCUT2D eigenvalue weighted by molar-refractivity contribution is 0.0733. The normalized spacial score (nSPS) is 13.3. The topological polar surface area (TPSA) is 77.1 Å². The molecule has 0 fully saturated rings. The summed E-state index contributed by atoms with van der Waals surface area (Å²) in [7, 11) is 1.86. The summed E-state index contributed by atoms with van der Waals surface area (Å²) < 4.78 is 21.7. The number of amides is 1. The lowest BCUT2D eigenvalue weighted by atomic mass is 10.0. The van der Waals surface area contributed by atoms with E-state index in [1.807, 2.05) is 38.2 Å². The number of benzene rings is 2. The van der Waals surface area contributed by atoms with E-state index in [9.17, 15) is 9.18 Å². The van der Waals surface area contributed by atoms with Crippen molar-refractivity contribution in [3.8, 4) is 23.0 Å². The summed E-state index contributed by atoms with van der Waals surface area (Å²) in [4.78, 5) is 14.9. The smallest absolute Gasteiger partial charge is 0.268 e. The first-order chi connectivity index (χ1) is 15.0. The summed E-state index contributed by atoms with van der Waals surface area (Å²) in [5, 5.41) is 12.7. The number of carbonyl (C=O) groups excluding carboxylic acids is 1. The number of nitrogens with zero attached hydrogens (tertiary/aromatic N) is 5. The molecule has 0 radical (unpaired) electrons. The molecule has 1 amide bonds. The second kappa shape index (κ2) is 7.46. The maximum atomic E-state index is 14.1. The van der Waals surface area contributed by atoms with Gasteiger partial charge in [0.1, 0.15) is 5.82 Å². The maximum Gasteiger partial charge on any atom is 0.268 e. The number of rotatable bonds is 3. The fourth-order valence-corrected chi connectivity index (χ4v) is 3.96. The van der Waals surface area contributed by atoms with Crippen LogP contribution in [-0.4, -0.2) is 37.3 Å². The zero-order valence-electron chi connectivity index (χ0n) is 17.2. The van der Waals surface area contributed by atoms with Gasteiger partial charge < -0.3 is 9.32 Å².